The monoisotopic (exact) mass is 328 g/mol. The van der Waals surface area contributed by atoms with Gasteiger partial charge in [0.2, 0.25) is 5.89 Å². The number of aliphatic hydroxyl groups excluding tert-OH is 1. The second-order valence-electron chi connectivity index (χ2n) is 5.47. The maximum atomic E-state index is 9.89. The van der Waals surface area contributed by atoms with Crippen LogP contribution in [0.2, 0.25) is 10.0 Å². The molecule has 2 rings (SSSR count). The van der Waals surface area contributed by atoms with E-state index in [1.165, 1.54) is 0 Å². The lowest BCUT2D eigenvalue weighted by atomic mass is 10.0. The van der Waals surface area contributed by atoms with Gasteiger partial charge >= 0.3 is 0 Å². The molecule has 0 fully saturated rings. The highest BCUT2D eigenvalue weighted by Crippen LogP contribution is 2.26. The highest BCUT2D eigenvalue weighted by molar-refractivity contribution is 6.36. The molecule has 0 spiro atoms. The number of nitrogens with zero attached hydrogens (tertiary/aromatic N) is 2. The van der Waals surface area contributed by atoms with E-state index in [4.69, 9.17) is 27.7 Å². The smallest absolute Gasteiger partial charge is 0.229 e. The predicted octanol–water partition coefficient (Wildman–Crippen LogP) is 3.92. The Morgan fingerprint density at radius 3 is 2.52 bits per heavy atom. The Labute approximate surface area is 134 Å². The molecule has 6 heteroatoms. The van der Waals surface area contributed by atoms with Crippen LogP contribution in [0.5, 0.6) is 0 Å². The zero-order valence-electron chi connectivity index (χ0n) is 12.0. The third kappa shape index (κ3) is 4.70. The van der Waals surface area contributed by atoms with Gasteiger partial charge in [0.05, 0.1) is 12.5 Å². The van der Waals surface area contributed by atoms with Gasteiger partial charge in [-0.05, 0) is 30.0 Å². The molecule has 1 aromatic carbocycles. The second kappa shape index (κ2) is 7.25. The average Bonchev–Trinajstić information content (AvgIpc) is 2.80. The molecule has 0 saturated heterocycles. The van der Waals surface area contributed by atoms with Crippen LogP contribution in [0.4, 0.5) is 0 Å². The Morgan fingerprint density at radius 2 is 1.90 bits per heavy atom. The van der Waals surface area contributed by atoms with Gasteiger partial charge in [-0.3, -0.25) is 0 Å². The van der Waals surface area contributed by atoms with E-state index >= 15 is 0 Å². The Hall–Kier alpha value is -1.10. The first kappa shape index (κ1) is 16.3. The summed E-state index contributed by atoms with van der Waals surface area (Å²) >= 11 is 12.2. The molecule has 0 aliphatic heterocycles. The van der Waals surface area contributed by atoms with Gasteiger partial charge in [0.15, 0.2) is 5.82 Å². The van der Waals surface area contributed by atoms with Crippen molar-refractivity contribution in [2.24, 2.45) is 5.92 Å². The molecule has 1 aromatic heterocycles. The van der Waals surface area contributed by atoms with Crippen molar-refractivity contribution < 1.29 is 9.63 Å². The van der Waals surface area contributed by atoms with Gasteiger partial charge in [-0.15, -0.1) is 0 Å². The number of halogens is 2. The van der Waals surface area contributed by atoms with E-state index in [9.17, 15) is 5.11 Å². The minimum atomic E-state index is -0.470. The maximum absolute atomic E-state index is 9.89. The average molecular weight is 329 g/mol. The summed E-state index contributed by atoms with van der Waals surface area (Å²) in [6.07, 6.45) is 1.000. The van der Waals surface area contributed by atoms with E-state index in [2.05, 4.69) is 24.0 Å². The van der Waals surface area contributed by atoms with Crippen LogP contribution in [0.25, 0.3) is 0 Å². The third-order valence-electron chi connectivity index (χ3n) is 3.06. The quantitative estimate of drug-likeness (QED) is 0.873. The summed E-state index contributed by atoms with van der Waals surface area (Å²) in [6, 6.07) is 5.34. The number of hydrogen-bond acceptors (Lipinski definition) is 4. The van der Waals surface area contributed by atoms with Crippen molar-refractivity contribution in [1.29, 1.82) is 0 Å². The number of benzene rings is 1. The van der Waals surface area contributed by atoms with Crippen molar-refractivity contribution in [3.05, 3.63) is 45.5 Å². The molecule has 1 heterocycles. The van der Waals surface area contributed by atoms with E-state index in [0.29, 0.717) is 46.9 Å². The summed E-state index contributed by atoms with van der Waals surface area (Å²) in [5.41, 5.74) is 0.774. The molecule has 21 heavy (non-hydrogen) atoms. The first-order valence-corrected chi connectivity index (χ1v) is 7.63. The van der Waals surface area contributed by atoms with Crippen LogP contribution < -0.4 is 0 Å². The van der Waals surface area contributed by atoms with E-state index in [-0.39, 0.29) is 0 Å². The SMILES string of the molecule is CC(C)CC(O)Cc1nc(Cc2c(Cl)cccc2Cl)no1. The normalized spacial score (nSPS) is 12.9. The molecule has 1 atom stereocenters. The van der Waals surface area contributed by atoms with E-state index in [0.717, 1.165) is 5.56 Å². The topological polar surface area (TPSA) is 59.2 Å². The fourth-order valence-corrected chi connectivity index (χ4v) is 2.66. The second-order valence-corrected chi connectivity index (χ2v) is 6.28. The number of aliphatic hydroxyl groups is 1. The minimum absolute atomic E-state index is 0.363. The summed E-state index contributed by atoms with van der Waals surface area (Å²) in [4.78, 5) is 4.28. The standard InChI is InChI=1S/C15H18Cl2N2O2/c1-9(2)6-10(20)7-15-18-14(19-21-15)8-11-12(16)4-3-5-13(11)17/h3-5,9-10,20H,6-8H2,1-2H3. The summed E-state index contributed by atoms with van der Waals surface area (Å²) in [5, 5.41) is 15.0. The molecular weight excluding hydrogens is 311 g/mol. The molecule has 0 bridgehead atoms. The van der Waals surface area contributed by atoms with Crippen molar-refractivity contribution in [1.82, 2.24) is 10.1 Å². The van der Waals surface area contributed by atoms with Gasteiger partial charge in [-0.2, -0.15) is 4.98 Å². The lowest BCUT2D eigenvalue weighted by Gasteiger charge is -2.09. The van der Waals surface area contributed by atoms with Gasteiger partial charge in [-0.1, -0.05) is 48.3 Å². The van der Waals surface area contributed by atoms with Gasteiger partial charge in [0.25, 0.3) is 0 Å². The molecule has 0 aliphatic rings. The Balaban J connectivity index is 2.03. The molecule has 114 valence electrons. The van der Waals surface area contributed by atoms with Crippen LogP contribution in [0.1, 0.15) is 37.5 Å². The largest absolute Gasteiger partial charge is 0.393 e. The molecule has 4 nitrogen and oxygen atoms in total. The van der Waals surface area contributed by atoms with Gasteiger partial charge in [-0.25, -0.2) is 0 Å². The van der Waals surface area contributed by atoms with Crippen molar-refractivity contribution in [2.75, 3.05) is 0 Å². The molecule has 0 saturated carbocycles. The molecule has 1 N–H and O–H groups in total. The molecular formula is C15H18Cl2N2O2. The van der Waals surface area contributed by atoms with E-state index in [1.807, 2.05) is 0 Å². The Kier molecular flexibility index (Phi) is 5.62. The molecule has 1 unspecified atom stereocenters. The van der Waals surface area contributed by atoms with Crippen LogP contribution in [0.3, 0.4) is 0 Å². The number of aromatic nitrogens is 2. The zero-order chi connectivity index (χ0) is 15.4. The lowest BCUT2D eigenvalue weighted by Crippen LogP contribution is -2.13. The van der Waals surface area contributed by atoms with Crippen molar-refractivity contribution in [2.45, 2.75) is 39.2 Å². The number of hydrogen-bond donors (Lipinski definition) is 1. The van der Waals surface area contributed by atoms with Crippen LogP contribution in [-0.2, 0) is 12.8 Å². The van der Waals surface area contributed by atoms with Crippen molar-refractivity contribution in [3.8, 4) is 0 Å². The molecule has 0 amide bonds. The summed E-state index contributed by atoms with van der Waals surface area (Å²) in [7, 11) is 0. The fraction of sp³-hybridized carbons (Fsp3) is 0.467. The highest BCUT2D eigenvalue weighted by Gasteiger charge is 2.15. The lowest BCUT2D eigenvalue weighted by molar-refractivity contribution is 0.138. The van der Waals surface area contributed by atoms with Gasteiger partial charge in [0.1, 0.15) is 0 Å². The summed E-state index contributed by atoms with van der Waals surface area (Å²) < 4.78 is 5.16. The number of rotatable bonds is 6. The van der Waals surface area contributed by atoms with E-state index in [1.54, 1.807) is 18.2 Å². The fourth-order valence-electron chi connectivity index (χ4n) is 2.13. The summed E-state index contributed by atoms with van der Waals surface area (Å²) in [6.45, 7) is 4.11. The van der Waals surface area contributed by atoms with Gasteiger partial charge < -0.3 is 9.63 Å². The Morgan fingerprint density at radius 1 is 1.24 bits per heavy atom. The van der Waals surface area contributed by atoms with E-state index < -0.39 is 6.10 Å². The van der Waals surface area contributed by atoms with Crippen LogP contribution in [0, 0.1) is 5.92 Å². The zero-order valence-corrected chi connectivity index (χ0v) is 13.5. The third-order valence-corrected chi connectivity index (χ3v) is 3.77. The molecule has 0 radical (unpaired) electrons. The van der Waals surface area contributed by atoms with Crippen molar-refractivity contribution in [3.63, 3.8) is 0 Å². The van der Waals surface area contributed by atoms with Crippen LogP contribution in [0.15, 0.2) is 22.7 Å². The first-order valence-electron chi connectivity index (χ1n) is 6.88. The van der Waals surface area contributed by atoms with Crippen LogP contribution >= 0.6 is 23.2 Å². The summed E-state index contributed by atoms with van der Waals surface area (Å²) in [5.74, 6) is 1.36. The van der Waals surface area contributed by atoms with Crippen molar-refractivity contribution >= 4 is 23.2 Å². The molecule has 0 aliphatic carbocycles. The van der Waals surface area contributed by atoms with Crippen LogP contribution in [-0.4, -0.2) is 21.4 Å². The molecule has 2 aromatic rings. The minimum Gasteiger partial charge on any atom is -0.393 e. The Bertz CT molecular complexity index is 579. The van der Waals surface area contributed by atoms with Gasteiger partial charge in [0, 0.05) is 16.5 Å². The predicted molar refractivity (Wildman–Crippen MR) is 82.7 cm³/mol. The maximum Gasteiger partial charge on any atom is 0.229 e. The highest BCUT2D eigenvalue weighted by atomic mass is 35.5. The first-order chi connectivity index (χ1) is 9.95.